The first-order valence-electron chi connectivity index (χ1n) is 6.98. The fraction of sp³-hybridized carbons (Fsp3) is 0.235. The van der Waals surface area contributed by atoms with Crippen LogP contribution >= 0.6 is 23.2 Å². The molecule has 0 saturated carbocycles. The molecule has 0 spiro atoms. The second-order valence-corrected chi connectivity index (χ2v) is 6.08. The summed E-state index contributed by atoms with van der Waals surface area (Å²) in [6.45, 7) is 0. The first kappa shape index (κ1) is 14.4. The smallest absolute Gasteiger partial charge is 0.228 e. The number of aryl methyl sites for hydroxylation is 2. The van der Waals surface area contributed by atoms with E-state index < -0.39 is 0 Å². The average Bonchev–Trinajstić information content (AvgIpc) is 2.90. The van der Waals surface area contributed by atoms with E-state index in [2.05, 4.69) is 17.4 Å². The number of anilines is 1. The van der Waals surface area contributed by atoms with Crippen LogP contribution < -0.4 is 5.32 Å². The first-order valence-corrected chi connectivity index (χ1v) is 7.73. The van der Waals surface area contributed by atoms with Gasteiger partial charge in [-0.2, -0.15) is 0 Å². The third-order valence-electron chi connectivity index (χ3n) is 3.78. The molecule has 108 valence electrons. The zero-order valence-electron chi connectivity index (χ0n) is 11.5. The van der Waals surface area contributed by atoms with Gasteiger partial charge in [0.15, 0.2) is 0 Å². The van der Waals surface area contributed by atoms with Gasteiger partial charge in [0.2, 0.25) is 5.91 Å². The van der Waals surface area contributed by atoms with Crippen molar-refractivity contribution in [3.05, 3.63) is 63.1 Å². The second-order valence-electron chi connectivity index (χ2n) is 5.26. The number of nitrogens with one attached hydrogen (secondary N) is 1. The molecule has 0 bridgehead atoms. The van der Waals surface area contributed by atoms with Crippen molar-refractivity contribution in [1.29, 1.82) is 0 Å². The van der Waals surface area contributed by atoms with E-state index in [1.165, 1.54) is 17.5 Å². The van der Waals surface area contributed by atoms with Crippen molar-refractivity contribution in [3.8, 4) is 0 Å². The fourth-order valence-corrected chi connectivity index (χ4v) is 3.25. The number of amides is 1. The van der Waals surface area contributed by atoms with Gasteiger partial charge in [-0.3, -0.25) is 4.79 Å². The highest BCUT2D eigenvalue weighted by molar-refractivity contribution is 6.36. The largest absolute Gasteiger partial charge is 0.326 e. The van der Waals surface area contributed by atoms with Gasteiger partial charge >= 0.3 is 0 Å². The Morgan fingerprint density at radius 2 is 1.76 bits per heavy atom. The molecular formula is C17H15Cl2NO. The molecule has 1 amide bonds. The van der Waals surface area contributed by atoms with Gasteiger partial charge < -0.3 is 5.32 Å². The number of rotatable bonds is 3. The van der Waals surface area contributed by atoms with Gasteiger partial charge in [0.05, 0.1) is 6.42 Å². The Bertz CT molecular complexity index is 677. The number of carbonyl (C=O) groups is 1. The summed E-state index contributed by atoms with van der Waals surface area (Å²) in [7, 11) is 0. The zero-order chi connectivity index (χ0) is 14.8. The van der Waals surface area contributed by atoms with Crippen LogP contribution in [0, 0.1) is 0 Å². The molecule has 0 fully saturated rings. The predicted molar refractivity (Wildman–Crippen MR) is 87.3 cm³/mol. The Morgan fingerprint density at radius 3 is 2.52 bits per heavy atom. The molecule has 0 unspecified atom stereocenters. The van der Waals surface area contributed by atoms with Crippen LogP contribution in [0.2, 0.25) is 10.0 Å². The third-order valence-corrected chi connectivity index (χ3v) is 4.49. The standard InChI is InChI=1S/C17H15Cl2NO/c18-15-5-2-6-16(19)14(15)10-17(21)20-13-8-7-11-3-1-4-12(11)9-13/h2,5-9H,1,3-4,10H2,(H,20,21). The fourth-order valence-electron chi connectivity index (χ4n) is 2.72. The Morgan fingerprint density at radius 1 is 1.05 bits per heavy atom. The molecule has 0 heterocycles. The lowest BCUT2D eigenvalue weighted by molar-refractivity contribution is -0.115. The molecule has 0 radical (unpaired) electrons. The number of carbonyl (C=O) groups excluding carboxylic acids is 1. The van der Waals surface area contributed by atoms with Gasteiger partial charge in [-0.1, -0.05) is 35.3 Å². The number of hydrogen-bond donors (Lipinski definition) is 1. The Hall–Kier alpha value is -1.51. The van der Waals surface area contributed by atoms with Gasteiger partial charge in [-0.05, 0) is 60.2 Å². The van der Waals surface area contributed by atoms with Crippen molar-refractivity contribution in [2.45, 2.75) is 25.7 Å². The minimum atomic E-state index is -0.108. The third kappa shape index (κ3) is 3.22. The highest BCUT2D eigenvalue weighted by atomic mass is 35.5. The number of benzene rings is 2. The van der Waals surface area contributed by atoms with Crippen molar-refractivity contribution in [2.24, 2.45) is 0 Å². The van der Waals surface area contributed by atoms with Crippen LogP contribution in [0.4, 0.5) is 5.69 Å². The molecule has 0 saturated heterocycles. The summed E-state index contributed by atoms with van der Waals surface area (Å²) in [5.41, 5.74) is 4.23. The van der Waals surface area contributed by atoms with E-state index in [9.17, 15) is 4.79 Å². The van der Waals surface area contributed by atoms with Crippen LogP contribution in [-0.2, 0) is 24.1 Å². The second kappa shape index (κ2) is 6.08. The van der Waals surface area contributed by atoms with Gasteiger partial charge in [0, 0.05) is 15.7 Å². The van der Waals surface area contributed by atoms with E-state index in [0.29, 0.717) is 15.6 Å². The summed E-state index contributed by atoms with van der Waals surface area (Å²) in [6, 6.07) is 11.4. The molecule has 1 N–H and O–H groups in total. The van der Waals surface area contributed by atoms with E-state index in [-0.39, 0.29) is 12.3 Å². The van der Waals surface area contributed by atoms with Gasteiger partial charge in [-0.25, -0.2) is 0 Å². The lowest BCUT2D eigenvalue weighted by Gasteiger charge is -2.09. The molecule has 0 aromatic heterocycles. The summed E-state index contributed by atoms with van der Waals surface area (Å²) in [5.74, 6) is -0.108. The molecule has 21 heavy (non-hydrogen) atoms. The van der Waals surface area contributed by atoms with Crippen LogP contribution in [0.15, 0.2) is 36.4 Å². The van der Waals surface area contributed by atoms with E-state index in [0.717, 1.165) is 18.5 Å². The van der Waals surface area contributed by atoms with E-state index >= 15 is 0 Å². The average molecular weight is 320 g/mol. The normalized spacial score (nSPS) is 13.0. The van der Waals surface area contributed by atoms with E-state index in [1.54, 1.807) is 18.2 Å². The zero-order valence-corrected chi connectivity index (χ0v) is 13.0. The highest BCUT2D eigenvalue weighted by Gasteiger charge is 2.14. The quantitative estimate of drug-likeness (QED) is 0.875. The SMILES string of the molecule is O=C(Cc1c(Cl)cccc1Cl)Nc1ccc2c(c1)CCC2. The van der Waals surface area contributed by atoms with Crippen LogP contribution in [0.1, 0.15) is 23.1 Å². The first-order chi connectivity index (χ1) is 10.1. The van der Waals surface area contributed by atoms with Crippen LogP contribution in [-0.4, -0.2) is 5.91 Å². The molecule has 0 atom stereocenters. The van der Waals surface area contributed by atoms with Gasteiger partial charge in [0.1, 0.15) is 0 Å². The van der Waals surface area contributed by atoms with Crippen molar-refractivity contribution in [3.63, 3.8) is 0 Å². The summed E-state index contributed by atoms with van der Waals surface area (Å²) >= 11 is 12.2. The van der Waals surface area contributed by atoms with Crippen LogP contribution in [0.3, 0.4) is 0 Å². The van der Waals surface area contributed by atoms with E-state index in [4.69, 9.17) is 23.2 Å². The van der Waals surface area contributed by atoms with Crippen molar-refractivity contribution in [2.75, 3.05) is 5.32 Å². The highest BCUT2D eigenvalue weighted by Crippen LogP contribution is 2.27. The minimum Gasteiger partial charge on any atom is -0.326 e. The molecule has 0 aliphatic heterocycles. The maximum absolute atomic E-state index is 12.2. The maximum Gasteiger partial charge on any atom is 0.228 e. The maximum atomic E-state index is 12.2. The monoisotopic (exact) mass is 319 g/mol. The Balaban J connectivity index is 1.72. The number of fused-ring (bicyclic) bond motifs is 1. The summed E-state index contributed by atoms with van der Waals surface area (Å²) in [5, 5.41) is 3.96. The molecule has 2 nitrogen and oxygen atoms in total. The Labute approximate surface area is 134 Å². The summed E-state index contributed by atoms with van der Waals surface area (Å²) in [6.07, 6.45) is 3.60. The van der Waals surface area contributed by atoms with Gasteiger partial charge in [0.25, 0.3) is 0 Å². The predicted octanol–water partition coefficient (Wildman–Crippen LogP) is 4.66. The summed E-state index contributed by atoms with van der Waals surface area (Å²) in [4.78, 5) is 12.2. The number of halogens is 2. The minimum absolute atomic E-state index is 0.108. The lowest BCUT2D eigenvalue weighted by atomic mass is 10.1. The van der Waals surface area contributed by atoms with Crippen LogP contribution in [0.25, 0.3) is 0 Å². The Kier molecular flexibility index (Phi) is 4.18. The lowest BCUT2D eigenvalue weighted by Crippen LogP contribution is -2.15. The van der Waals surface area contributed by atoms with Crippen molar-refractivity contribution >= 4 is 34.8 Å². The van der Waals surface area contributed by atoms with Crippen molar-refractivity contribution < 1.29 is 4.79 Å². The molecular weight excluding hydrogens is 305 g/mol. The van der Waals surface area contributed by atoms with E-state index in [1.807, 2.05) is 6.07 Å². The van der Waals surface area contributed by atoms with Gasteiger partial charge in [-0.15, -0.1) is 0 Å². The number of hydrogen-bond acceptors (Lipinski definition) is 1. The molecule has 2 aromatic rings. The topological polar surface area (TPSA) is 29.1 Å². The van der Waals surface area contributed by atoms with Crippen molar-refractivity contribution in [1.82, 2.24) is 0 Å². The molecule has 1 aliphatic rings. The molecule has 2 aromatic carbocycles. The molecule has 1 aliphatic carbocycles. The van der Waals surface area contributed by atoms with Crippen LogP contribution in [0.5, 0.6) is 0 Å². The molecule has 3 rings (SSSR count). The molecule has 4 heteroatoms. The summed E-state index contributed by atoms with van der Waals surface area (Å²) < 4.78 is 0.